The maximum Gasteiger partial charge on any atom is 0.416 e. The SMILES string of the molecule is [O-]C(=Pc1ccc(-c2ccccc2)cc1)c1c(C(F)(F)F)cccc1C(F)(F)F. The van der Waals surface area contributed by atoms with Crippen molar-refractivity contribution in [1.82, 2.24) is 0 Å². The number of hydrogen-bond acceptors (Lipinski definition) is 1. The molecule has 0 fully saturated rings. The van der Waals surface area contributed by atoms with Crippen molar-refractivity contribution in [2.75, 3.05) is 0 Å². The summed E-state index contributed by atoms with van der Waals surface area (Å²) in [5.74, 6) is 0. The first-order chi connectivity index (χ1) is 13.6. The number of rotatable bonds is 3. The van der Waals surface area contributed by atoms with Gasteiger partial charge in [0.2, 0.25) is 0 Å². The molecule has 29 heavy (non-hydrogen) atoms. The highest BCUT2D eigenvalue weighted by molar-refractivity contribution is 7.49. The Bertz CT molecular complexity index is 990. The van der Waals surface area contributed by atoms with E-state index in [9.17, 15) is 31.4 Å². The average Bonchev–Trinajstić information content (AvgIpc) is 2.67. The van der Waals surface area contributed by atoms with E-state index >= 15 is 0 Å². The summed E-state index contributed by atoms with van der Waals surface area (Å²) in [5, 5.41) is 12.8. The minimum atomic E-state index is -5.08. The third kappa shape index (κ3) is 4.86. The van der Waals surface area contributed by atoms with Crippen LogP contribution in [0, 0.1) is 0 Å². The van der Waals surface area contributed by atoms with E-state index in [4.69, 9.17) is 0 Å². The fourth-order valence-electron chi connectivity index (χ4n) is 2.79. The molecule has 0 N–H and O–H groups in total. The van der Waals surface area contributed by atoms with Crippen LogP contribution in [0.5, 0.6) is 0 Å². The molecule has 150 valence electrons. The van der Waals surface area contributed by atoms with Crippen LogP contribution < -0.4 is 10.4 Å². The predicted octanol–water partition coefficient (Wildman–Crippen LogP) is 5.50. The molecule has 0 aliphatic heterocycles. The van der Waals surface area contributed by atoms with Gasteiger partial charge < -0.3 is 5.11 Å². The first-order valence-electron chi connectivity index (χ1n) is 8.26. The quantitative estimate of drug-likeness (QED) is 0.402. The lowest BCUT2D eigenvalue weighted by Crippen LogP contribution is -2.27. The Labute approximate surface area is 164 Å². The summed E-state index contributed by atoms with van der Waals surface area (Å²) >= 11 is 0. The van der Waals surface area contributed by atoms with Gasteiger partial charge in [-0.15, -0.1) is 5.48 Å². The van der Waals surface area contributed by atoms with E-state index in [1.807, 2.05) is 30.3 Å². The lowest BCUT2D eigenvalue weighted by atomic mass is 10.0. The number of alkyl halides is 6. The standard InChI is InChI=1S/C21H13F6OP/c22-20(23,24)16-7-4-8-17(21(25,26)27)18(16)19(28)29-15-11-9-14(10-12-15)13-5-2-1-3-6-13/h1-12,28H/p-1. The zero-order valence-corrected chi connectivity index (χ0v) is 15.4. The van der Waals surface area contributed by atoms with Gasteiger partial charge in [0, 0.05) is 5.30 Å². The van der Waals surface area contributed by atoms with Gasteiger partial charge >= 0.3 is 12.4 Å². The minimum absolute atomic E-state index is 0.278. The Morgan fingerprint density at radius 1 is 0.621 bits per heavy atom. The summed E-state index contributed by atoms with van der Waals surface area (Å²) < 4.78 is 79.4. The first-order valence-corrected chi connectivity index (χ1v) is 9.16. The van der Waals surface area contributed by atoms with Crippen LogP contribution in [0.3, 0.4) is 0 Å². The van der Waals surface area contributed by atoms with Gasteiger partial charge in [0.1, 0.15) is 0 Å². The molecule has 0 bridgehead atoms. The van der Waals surface area contributed by atoms with Crippen molar-refractivity contribution in [2.24, 2.45) is 0 Å². The van der Waals surface area contributed by atoms with Crippen LogP contribution in [-0.2, 0) is 12.4 Å². The smallest absolute Gasteiger partial charge is 0.416 e. The maximum atomic E-state index is 13.2. The monoisotopic (exact) mass is 425 g/mol. The Morgan fingerprint density at radius 2 is 1.10 bits per heavy atom. The van der Waals surface area contributed by atoms with Gasteiger partial charge in [-0.1, -0.05) is 56.7 Å². The molecule has 0 aliphatic carbocycles. The van der Waals surface area contributed by atoms with E-state index in [-0.39, 0.29) is 8.20 Å². The third-order valence-electron chi connectivity index (χ3n) is 4.09. The molecule has 0 atom stereocenters. The number of halogens is 6. The van der Waals surface area contributed by atoms with Crippen molar-refractivity contribution >= 4 is 19.0 Å². The summed E-state index contributed by atoms with van der Waals surface area (Å²) in [7, 11) is -0.278. The zero-order valence-electron chi connectivity index (χ0n) is 14.6. The van der Waals surface area contributed by atoms with Crippen LogP contribution >= 0.6 is 8.20 Å². The highest BCUT2D eigenvalue weighted by Gasteiger charge is 2.40. The summed E-state index contributed by atoms with van der Waals surface area (Å²) in [6.07, 6.45) is -10.2. The molecule has 0 spiro atoms. The van der Waals surface area contributed by atoms with Crippen molar-refractivity contribution in [1.29, 1.82) is 0 Å². The van der Waals surface area contributed by atoms with E-state index < -0.39 is 34.5 Å². The summed E-state index contributed by atoms with van der Waals surface area (Å²) in [6, 6.07) is 17.1. The molecule has 0 heterocycles. The van der Waals surface area contributed by atoms with Crippen LogP contribution in [0.15, 0.2) is 72.8 Å². The van der Waals surface area contributed by atoms with Crippen LogP contribution in [0.1, 0.15) is 16.7 Å². The van der Waals surface area contributed by atoms with E-state index in [2.05, 4.69) is 0 Å². The van der Waals surface area contributed by atoms with E-state index in [1.165, 1.54) is 12.1 Å². The van der Waals surface area contributed by atoms with E-state index in [1.54, 1.807) is 12.1 Å². The molecule has 0 saturated carbocycles. The van der Waals surface area contributed by atoms with Crippen LogP contribution in [0.25, 0.3) is 11.1 Å². The second-order valence-electron chi connectivity index (χ2n) is 6.05. The molecule has 3 aromatic rings. The van der Waals surface area contributed by atoms with E-state index in [0.717, 1.165) is 11.1 Å². The predicted molar refractivity (Wildman–Crippen MR) is 99.0 cm³/mol. The van der Waals surface area contributed by atoms with Crippen LogP contribution in [0.4, 0.5) is 26.3 Å². The fourth-order valence-corrected chi connectivity index (χ4v) is 3.67. The van der Waals surface area contributed by atoms with Gasteiger partial charge in [0.05, 0.1) is 11.1 Å². The van der Waals surface area contributed by atoms with Gasteiger partial charge in [0.25, 0.3) is 0 Å². The lowest BCUT2D eigenvalue weighted by molar-refractivity contribution is -0.209. The summed E-state index contributed by atoms with van der Waals surface area (Å²) in [6.45, 7) is 0. The van der Waals surface area contributed by atoms with Crippen molar-refractivity contribution in [2.45, 2.75) is 12.4 Å². The largest absolute Gasteiger partial charge is 0.823 e. The number of hydrogen-bond donors (Lipinski definition) is 0. The van der Waals surface area contributed by atoms with Crippen molar-refractivity contribution in [3.63, 3.8) is 0 Å². The second-order valence-corrected chi connectivity index (χ2v) is 7.20. The van der Waals surface area contributed by atoms with Gasteiger partial charge in [-0.3, -0.25) is 0 Å². The Hall–Kier alpha value is -2.63. The van der Waals surface area contributed by atoms with Gasteiger partial charge in [-0.25, -0.2) is 0 Å². The molecule has 3 aromatic carbocycles. The van der Waals surface area contributed by atoms with Crippen molar-refractivity contribution in [3.8, 4) is 11.1 Å². The molecule has 3 rings (SSSR count). The molecule has 0 aromatic heterocycles. The van der Waals surface area contributed by atoms with Crippen molar-refractivity contribution < 1.29 is 31.4 Å². The topological polar surface area (TPSA) is 23.1 Å². The molecule has 0 saturated heterocycles. The molecule has 8 heteroatoms. The highest BCUT2D eigenvalue weighted by atomic mass is 31.1. The first kappa shape index (κ1) is 21.1. The molecule has 0 unspecified atom stereocenters. The third-order valence-corrected chi connectivity index (χ3v) is 5.08. The minimum Gasteiger partial charge on any atom is -0.823 e. The van der Waals surface area contributed by atoms with Gasteiger partial charge in [-0.2, -0.15) is 26.3 Å². The van der Waals surface area contributed by atoms with Crippen LogP contribution in [-0.4, -0.2) is 5.48 Å². The Morgan fingerprint density at radius 3 is 1.59 bits per heavy atom. The molecule has 1 nitrogen and oxygen atoms in total. The molecule has 0 radical (unpaired) electrons. The van der Waals surface area contributed by atoms with Gasteiger partial charge in [0.15, 0.2) is 0 Å². The molecular formula is C21H12F6OP-. The summed E-state index contributed by atoms with van der Waals surface area (Å²) in [5.41, 5.74) is -4.11. The highest BCUT2D eigenvalue weighted by Crippen LogP contribution is 2.39. The maximum absolute atomic E-state index is 13.2. The zero-order chi connectivity index (χ0) is 21.2. The fraction of sp³-hybridized carbons (Fsp3) is 0.0952. The Kier molecular flexibility index (Phi) is 5.82. The average molecular weight is 425 g/mol. The normalized spacial score (nSPS) is 12.9. The van der Waals surface area contributed by atoms with E-state index in [0.29, 0.717) is 23.5 Å². The molecule has 0 aliphatic rings. The summed E-state index contributed by atoms with van der Waals surface area (Å²) in [4.78, 5) is 0. The van der Waals surface area contributed by atoms with Crippen LogP contribution in [0.2, 0.25) is 0 Å². The second kappa shape index (κ2) is 8.01. The Balaban J connectivity index is 2.06. The number of benzene rings is 3. The lowest BCUT2D eigenvalue weighted by Gasteiger charge is -2.23. The van der Waals surface area contributed by atoms with Crippen molar-refractivity contribution in [3.05, 3.63) is 89.5 Å². The van der Waals surface area contributed by atoms with Gasteiger partial charge in [-0.05, 0) is 41.0 Å². The molecule has 0 amide bonds. The molecular weight excluding hydrogens is 413 g/mol.